The summed E-state index contributed by atoms with van der Waals surface area (Å²) in [6.45, 7) is 4.99. The van der Waals surface area contributed by atoms with Crippen molar-refractivity contribution in [3.05, 3.63) is 53.9 Å². The highest BCUT2D eigenvalue weighted by atomic mass is 16.5. The first-order valence-electron chi connectivity index (χ1n) is 10.6. The van der Waals surface area contributed by atoms with Gasteiger partial charge >= 0.3 is 0 Å². The number of ether oxygens (including phenoxy) is 3. The second-order valence-corrected chi connectivity index (χ2v) is 8.01. The predicted octanol–water partition coefficient (Wildman–Crippen LogP) is 4.06. The van der Waals surface area contributed by atoms with E-state index in [1.807, 2.05) is 61.2 Å². The lowest BCUT2D eigenvalue weighted by Gasteiger charge is -2.16. The summed E-state index contributed by atoms with van der Waals surface area (Å²) in [5.41, 5.74) is 1.80. The maximum Gasteiger partial charge on any atom is 0.232 e. The number of rotatable bonds is 8. The highest BCUT2D eigenvalue weighted by Crippen LogP contribution is 2.34. The molecule has 0 aliphatic carbocycles. The lowest BCUT2D eigenvalue weighted by Crippen LogP contribution is -2.24. The van der Waals surface area contributed by atoms with Crippen LogP contribution in [0.2, 0.25) is 0 Å². The molecule has 2 heterocycles. The van der Waals surface area contributed by atoms with Crippen molar-refractivity contribution in [1.29, 1.82) is 0 Å². The van der Waals surface area contributed by atoms with Crippen molar-refractivity contribution in [2.75, 3.05) is 20.8 Å². The van der Waals surface area contributed by atoms with Crippen LogP contribution in [0, 0.1) is 0 Å². The van der Waals surface area contributed by atoms with Gasteiger partial charge in [-0.15, -0.1) is 0 Å². The van der Waals surface area contributed by atoms with Crippen LogP contribution in [0.3, 0.4) is 0 Å². The van der Waals surface area contributed by atoms with E-state index in [2.05, 4.69) is 10.1 Å². The van der Waals surface area contributed by atoms with E-state index in [-0.39, 0.29) is 17.9 Å². The van der Waals surface area contributed by atoms with E-state index in [1.54, 1.807) is 14.2 Å². The average Bonchev–Trinajstić information content (AvgIpc) is 3.41. The van der Waals surface area contributed by atoms with Crippen LogP contribution in [-0.2, 0) is 11.3 Å². The van der Waals surface area contributed by atoms with Gasteiger partial charge in [-0.3, -0.25) is 4.79 Å². The molecule has 2 aromatic carbocycles. The van der Waals surface area contributed by atoms with Crippen LogP contribution in [0.15, 0.2) is 47.0 Å². The molecule has 1 unspecified atom stereocenters. The Kier molecular flexibility index (Phi) is 6.30. The van der Waals surface area contributed by atoms with Gasteiger partial charge in [-0.05, 0) is 49.7 Å². The minimum Gasteiger partial charge on any atom is -0.497 e. The van der Waals surface area contributed by atoms with Crippen molar-refractivity contribution in [3.63, 3.8) is 0 Å². The summed E-state index contributed by atoms with van der Waals surface area (Å²) in [5, 5.41) is 4.12. The largest absolute Gasteiger partial charge is 0.497 e. The van der Waals surface area contributed by atoms with E-state index in [1.165, 1.54) is 0 Å². The smallest absolute Gasteiger partial charge is 0.232 e. The van der Waals surface area contributed by atoms with Crippen molar-refractivity contribution < 1.29 is 23.5 Å². The fourth-order valence-electron chi connectivity index (χ4n) is 3.72. The SMILES string of the molecule is COc1ccc(CN2CC(c3nc(-c4ccc(OC(C)C)c(OC)c4)no3)CC2=O)cc1. The molecule has 4 rings (SSSR count). The molecular formula is C24H27N3O5. The summed E-state index contributed by atoms with van der Waals surface area (Å²) in [7, 11) is 3.22. The van der Waals surface area contributed by atoms with Crippen LogP contribution in [0.1, 0.15) is 37.6 Å². The van der Waals surface area contributed by atoms with Gasteiger partial charge in [0.05, 0.1) is 26.2 Å². The standard InChI is InChI=1S/C24H27N3O5/c1-15(2)31-20-10-7-17(11-21(20)30-4)23-25-24(32-26-23)18-12-22(28)27(14-18)13-16-5-8-19(29-3)9-6-16/h5-11,15,18H,12-14H2,1-4H3. The molecule has 168 valence electrons. The van der Waals surface area contributed by atoms with E-state index < -0.39 is 0 Å². The van der Waals surface area contributed by atoms with Crippen molar-refractivity contribution >= 4 is 5.91 Å². The van der Waals surface area contributed by atoms with Gasteiger partial charge in [-0.1, -0.05) is 17.3 Å². The summed E-state index contributed by atoms with van der Waals surface area (Å²) < 4.78 is 21.9. The number of carbonyl (C=O) groups excluding carboxylic acids is 1. The van der Waals surface area contributed by atoms with Crippen molar-refractivity contribution in [1.82, 2.24) is 15.0 Å². The molecule has 1 aliphatic heterocycles. The fraction of sp³-hybridized carbons (Fsp3) is 0.375. The molecule has 1 amide bonds. The molecule has 1 aromatic heterocycles. The molecule has 1 aliphatic rings. The second-order valence-electron chi connectivity index (χ2n) is 8.01. The first-order chi connectivity index (χ1) is 15.5. The number of hydrogen-bond acceptors (Lipinski definition) is 7. The van der Waals surface area contributed by atoms with Gasteiger partial charge in [-0.25, -0.2) is 0 Å². The van der Waals surface area contributed by atoms with Crippen LogP contribution < -0.4 is 14.2 Å². The van der Waals surface area contributed by atoms with Crippen LogP contribution in [0.5, 0.6) is 17.2 Å². The minimum atomic E-state index is -0.132. The summed E-state index contributed by atoms with van der Waals surface area (Å²) >= 11 is 0. The van der Waals surface area contributed by atoms with Crippen molar-refractivity contribution in [2.24, 2.45) is 0 Å². The Hall–Kier alpha value is -3.55. The summed E-state index contributed by atoms with van der Waals surface area (Å²) in [6.07, 6.45) is 0.384. The fourth-order valence-corrected chi connectivity index (χ4v) is 3.72. The molecule has 3 aromatic rings. The zero-order chi connectivity index (χ0) is 22.7. The van der Waals surface area contributed by atoms with Crippen LogP contribution in [-0.4, -0.2) is 47.8 Å². The lowest BCUT2D eigenvalue weighted by atomic mass is 10.1. The minimum absolute atomic E-state index is 0.0345. The monoisotopic (exact) mass is 437 g/mol. The Morgan fingerprint density at radius 3 is 2.56 bits per heavy atom. The van der Waals surface area contributed by atoms with Gasteiger partial charge in [0, 0.05) is 25.1 Å². The van der Waals surface area contributed by atoms with Gasteiger partial charge in [0.2, 0.25) is 17.6 Å². The third-order valence-electron chi connectivity index (χ3n) is 5.32. The highest BCUT2D eigenvalue weighted by molar-refractivity contribution is 5.79. The van der Waals surface area contributed by atoms with Gasteiger partial charge in [0.1, 0.15) is 5.75 Å². The maximum absolute atomic E-state index is 12.6. The molecule has 1 fully saturated rings. The first-order valence-corrected chi connectivity index (χ1v) is 10.6. The molecule has 1 atom stereocenters. The van der Waals surface area contributed by atoms with E-state index >= 15 is 0 Å². The molecule has 0 saturated carbocycles. The molecular weight excluding hydrogens is 410 g/mol. The molecule has 1 saturated heterocycles. The lowest BCUT2D eigenvalue weighted by molar-refractivity contribution is -0.128. The van der Waals surface area contributed by atoms with Gasteiger partial charge in [-0.2, -0.15) is 4.98 Å². The topological polar surface area (TPSA) is 86.9 Å². The second kappa shape index (κ2) is 9.30. The predicted molar refractivity (Wildman–Crippen MR) is 118 cm³/mol. The van der Waals surface area contributed by atoms with Gasteiger partial charge < -0.3 is 23.6 Å². The number of benzene rings is 2. The molecule has 8 heteroatoms. The third kappa shape index (κ3) is 4.69. The zero-order valence-corrected chi connectivity index (χ0v) is 18.7. The number of carbonyl (C=O) groups is 1. The Morgan fingerprint density at radius 1 is 1.09 bits per heavy atom. The number of amides is 1. The normalized spacial score (nSPS) is 16.0. The van der Waals surface area contributed by atoms with Gasteiger partial charge in [0.25, 0.3) is 0 Å². The van der Waals surface area contributed by atoms with E-state index in [0.717, 1.165) is 16.9 Å². The van der Waals surface area contributed by atoms with Crippen LogP contribution in [0.25, 0.3) is 11.4 Å². The molecule has 8 nitrogen and oxygen atoms in total. The summed E-state index contributed by atoms with van der Waals surface area (Å²) in [5.74, 6) is 2.91. The van der Waals surface area contributed by atoms with E-state index in [9.17, 15) is 4.79 Å². The Morgan fingerprint density at radius 2 is 1.88 bits per heavy atom. The summed E-state index contributed by atoms with van der Waals surface area (Å²) in [4.78, 5) is 18.9. The Labute approximate surface area is 187 Å². The van der Waals surface area contributed by atoms with E-state index in [0.29, 0.717) is 42.7 Å². The molecule has 0 bridgehead atoms. The summed E-state index contributed by atoms with van der Waals surface area (Å²) in [6, 6.07) is 13.2. The molecule has 32 heavy (non-hydrogen) atoms. The highest BCUT2D eigenvalue weighted by Gasteiger charge is 2.34. The third-order valence-corrected chi connectivity index (χ3v) is 5.32. The molecule has 0 spiro atoms. The number of hydrogen-bond donors (Lipinski definition) is 0. The Balaban J connectivity index is 1.46. The first kappa shape index (κ1) is 21.7. The molecule has 0 radical (unpaired) electrons. The van der Waals surface area contributed by atoms with Crippen molar-refractivity contribution in [2.45, 2.75) is 38.8 Å². The van der Waals surface area contributed by atoms with Crippen LogP contribution in [0.4, 0.5) is 0 Å². The number of methoxy groups -OCH3 is 2. The zero-order valence-electron chi connectivity index (χ0n) is 18.7. The quantitative estimate of drug-likeness (QED) is 0.525. The average molecular weight is 437 g/mol. The number of nitrogens with zero attached hydrogens (tertiary/aromatic N) is 3. The van der Waals surface area contributed by atoms with Crippen molar-refractivity contribution in [3.8, 4) is 28.6 Å². The number of aromatic nitrogens is 2. The maximum atomic E-state index is 12.6. The van der Waals surface area contributed by atoms with Crippen LogP contribution >= 0.6 is 0 Å². The number of likely N-dealkylation sites (tertiary alicyclic amines) is 1. The van der Waals surface area contributed by atoms with E-state index in [4.69, 9.17) is 18.7 Å². The van der Waals surface area contributed by atoms with Gasteiger partial charge in [0.15, 0.2) is 11.5 Å². The molecule has 0 N–H and O–H groups in total. The Bertz CT molecular complexity index is 1080.